The van der Waals surface area contributed by atoms with Gasteiger partial charge in [-0.2, -0.15) is 0 Å². The number of thiophene rings is 1. The minimum atomic E-state index is -0.310. The van der Waals surface area contributed by atoms with Crippen molar-refractivity contribution in [1.82, 2.24) is 5.32 Å². The Morgan fingerprint density at radius 1 is 1.59 bits per heavy atom. The lowest BCUT2D eigenvalue weighted by Crippen LogP contribution is -2.21. The third-order valence-corrected chi connectivity index (χ3v) is 3.57. The van der Waals surface area contributed by atoms with E-state index in [0.29, 0.717) is 13.2 Å². The smallest absolute Gasteiger partial charge is 0.332 e. The Bertz CT molecular complexity index is 343. The molecular weight excluding hydrogens is 306 g/mol. The van der Waals surface area contributed by atoms with E-state index in [0.717, 1.165) is 17.6 Å². The molecule has 1 aromatic rings. The van der Waals surface area contributed by atoms with Gasteiger partial charge in [0.25, 0.3) is 0 Å². The number of esters is 1. The van der Waals surface area contributed by atoms with Crippen molar-refractivity contribution >= 4 is 33.2 Å². The van der Waals surface area contributed by atoms with Gasteiger partial charge >= 0.3 is 5.97 Å². The van der Waals surface area contributed by atoms with E-state index in [1.165, 1.54) is 4.88 Å². The molecule has 0 radical (unpaired) electrons. The Labute approximate surface area is 113 Å². The number of carbonyl (C=O) groups is 1. The molecule has 0 amide bonds. The summed E-state index contributed by atoms with van der Waals surface area (Å²) in [6.07, 6.45) is 0. The van der Waals surface area contributed by atoms with Crippen molar-refractivity contribution in [2.45, 2.75) is 13.5 Å². The molecule has 0 bridgehead atoms. The summed E-state index contributed by atoms with van der Waals surface area (Å²) in [5.41, 5.74) is 0. The Morgan fingerprint density at radius 2 is 2.41 bits per heavy atom. The molecular formula is C11H16BrNO3S. The van der Waals surface area contributed by atoms with Gasteiger partial charge in [0, 0.05) is 27.8 Å². The van der Waals surface area contributed by atoms with Gasteiger partial charge in [-0.25, -0.2) is 4.79 Å². The molecule has 0 aliphatic rings. The Kier molecular flexibility index (Phi) is 7.43. The second-order valence-corrected chi connectivity index (χ2v) is 5.18. The second-order valence-electron chi connectivity index (χ2n) is 3.27. The molecule has 6 heteroatoms. The molecule has 0 aliphatic carbocycles. The van der Waals surface area contributed by atoms with Gasteiger partial charge in [-0.1, -0.05) is 0 Å². The molecule has 4 nitrogen and oxygen atoms in total. The second kappa shape index (κ2) is 8.63. The van der Waals surface area contributed by atoms with Crippen molar-refractivity contribution in [3.05, 3.63) is 20.8 Å². The van der Waals surface area contributed by atoms with Gasteiger partial charge in [-0.05, 0) is 28.9 Å². The zero-order chi connectivity index (χ0) is 12.5. The van der Waals surface area contributed by atoms with E-state index in [1.807, 2.05) is 5.38 Å². The average molecular weight is 322 g/mol. The summed E-state index contributed by atoms with van der Waals surface area (Å²) in [6.45, 7) is 4.24. The predicted octanol–water partition coefficient (Wildman–Crippen LogP) is 2.18. The van der Waals surface area contributed by atoms with Crippen LogP contribution in [0.3, 0.4) is 0 Å². The average Bonchev–Trinajstić information content (AvgIpc) is 2.70. The van der Waals surface area contributed by atoms with Gasteiger partial charge in [0.15, 0.2) is 0 Å². The molecule has 0 atom stereocenters. The van der Waals surface area contributed by atoms with Crippen LogP contribution in [0.15, 0.2) is 15.9 Å². The highest BCUT2D eigenvalue weighted by Gasteiger charge is 2.00. The fourth-order valence-electron chi connectivity index (χ4n) is 1.16. The van der Waals surface area contributed by atoms with Crippen molar-refractivity contribution in [3.63, 3.8) is 0 Å². The highest BCUT2D eigenvalue weighted by Crippen LogP contribution is 2.19. The molecule has 0 aromatic carbocycles. The summed E-state index contributed by atoms with van der Waals surface area (Å²) in [7, 11) is 0. The minimum absolute atomic E-state index is 0.0278. The van der Waals surface area contributed by atoms with Crippen molar-refractivity contribution < 1.29 is 14.3 Å². The summed E-state index contributed by atoms with van der Waals surface area (Å²) >= 11 is 5.10. The number of hydrogen-bond acceptors (Lipinski definition) is 5. The highest BCUT2D eigenvalue weighted by atomic mass is 79.9. The maximum absolute atomic E-state index is 10.9. The van der Waals surface area contributed by atoms with Crippen LogP contribution in [0.4, 0.5) is 0 Å². The minimum Gasteiger partial charge on any atom is -0.464 e. The molecule has 0 aliphatic heterocycles. The molecule has 0 saturated heterocycles. The van der Waals surface area contributed by atoms with Gasteiger partial charge in [0.2, 0.25) is 0 Å². The summed E-state index contributed by atoms with van der Waals surface area (Å²) < 4.78 is 11.0. The zero-order valence-electron chi connectivity index (χ0n) is 9.70. The van der Waals surface area contributed by atoms with Gasteiger partial charge < -0.3 is 14.8 Å². The molecule has 1 rings (SSSR count). The molecule has 1 heterocycles. The largest absolute Gasteiger partial charge is 0.464 e. The van der Waals surface area contributed by atoms with E-state index in [2.05, 4.69) is 27.3 Å². The van der Waals surface area contributed by atoms with E-state index in [1.54, 1.807) is 18.3 Å². The van der Waals surface area contributed by atoms with E-state index in [-0.39, 0.29) is 12.6 Å². The third-order valence-electron chi connectivity index (χ3n) is 1.87. The number of ether oxygens (including phenoxy) is 2. The van der Waals surface area contributed by atoms with Crippen LogP contribution in [0.2, 0.25) is 0 Å². The number of carbonyl (C=O) groups excluding carboxylic acids is 1. The van der Waals surface area contributed by atoms with Crippen LogP contribution in [0, 0.1) is 0 Å². The normalized spacial score (nSPS) is 10.5. The summed E-state index contributed by atoms with van der Waals surface area (Å²) in [5.74, 6) is -0.310. The highest BCUT2D eigenvalue weighted by molar-refractivity contribution is 9.10. The molecule has 0 saturated carbocycles. The standard InChI is InChI=1S/C11H16BrNO3S/c1-2-16-11(14)7-15-4-3-13-6-10-5-9(12)8-17-10/h5,8,13H,2-4,6-7H2,1H3. The van der Waals surface area contributed by atoms with Gasteiger partial charge in [-0.3, -0.25) is 0 Å². The molecule has 0 fully saturated rings. The molecule has 0 unspecified atom stereocenters. The first-order valence-electron chi connectivity index (χ1n) is 5.39. The fraction of sp³-hybridized carbons (Fsp3) is 0.545. The Morgan fingerprint density at radius 3 is 3.06 bits per heavy atom. The van der Waals surface area contributed by atoms with Crippen LogP contribution in [0.1, 0.15) is 11.8 Å². The molecule has 17 heavy (non-hydrogen) atoms. The van der Waals surface area contributed by atoms with Crippen LogP contribution in [-0.4, -0.2) is 32.3 Å². The van der Waals surface area contributed by atoms with Gasteiger partial charge in [0.1, 0.15) is 6.61 Å². The van der Waals surface area contributed by atoms with E-state index in [4.69, 9.17) is 9.47 Å². The predicted molar refractivity (Wildman–Crippen MR) is 71.2 cm³/mol. The fourth-order valence-corrected chi connectivity index (χ4v) is 2.58. The SMILES string of the molecule is CCOC(=O)COCCNCc1cc(Br)cs1. The van der Waals surface area contributed by atoms with E-state index in [9.17, 15) is 4.79 Å². The maximum Gasteiger partial charge on any atom is 0.332 e. The lowest BCUT2D eigenvalue weighted by Gasteiger charge is -2.05. The molecule has 96 valence electrons. The van der Waals surface area contributed by atoms with Crippen LogP contribution >= 0.6 is 27.3 Å². The molecule has 0 spiro atoms. The van der Waals surface area contributed by atoms with Crippen LogP contribution in [0.5, 0.6) is 0 Å². The van der Waals surface area contributed by atoms with Crippen LogP contribution in [0.25, 0.3) is 0 Å². The lowest BCUT2D eigenvalue weighted by atomic mass is 10.4. The number of halogens is 1. The number of rotatable bonds is 8. The Hall–Kier alpha value is -0.430. The van der Waals surface area contributed by atoms with Crippen LogP contribution < -0.4 is 5.32 Å². The summed E-state index contributed by atoms with van der Waals surface area (Å²) in [4.78, 5) is 12.2. The third kappa shape index (κ3) is 6.78. The van der Waals surface area contributed by atoms with Crippen molar-refractivity contribution in [3.8, 4) is 0 Å². The maximum atomic E-state index is 10.9. The zero-order valence-corrected chi connectivity index (χ0v) is 12.1. The van der Waals surface area contributed by atoms with Gasteiger partial charge in [-0.15, -0.1) is 11.3 Å². The summed E-state index contributed by atoms with van der Waals surface area (Å²) in [5, 5.41) is 5.28. The first-order valence-corrected chi connectivity index (χ1v) is 7.06. The van der Waals surface area contributed by atoms with Crippen molar-refractivity contribution in [1.29, 1.82) is 0 Å². The number of hydrogen-bond donors (Lipinski definition) is 1. The van der Waals surface area contributed by atoms with Crippen LogP contribution in [-0.2, 0) is 20.8 Å². The lowest BCUT2D eigenvalue weighted by molar-refractivity contribution is -0.148. The summed E-state index contributed by atoms with van der Waals surface area (Å²) in [6, 6.07) is 2.08. The van der Waals surface area contributed by atoms with E-state index >= 15 is 0 Å². The molecule has 1 aromatic heterocycles. The molecule has 1 N–H and O–H groups in total. The van der Waals surface area contributed by atoms with E-state index < -0.39 is 0 Å². The van der Waals surface area contributed by atoms with Gasteiger partial charge in [0.05, 0.1) is 13.2 Å². The number of nitrogens with one attached hydrogen (secondary N) is 1. The monoisotopic (exact) mass is 321 g/mol. The topological polar surface area (TPSA) is 47.6 Å². The first kappa shape index (κ1) is 14.6. The first-order chi connectivity index (χ1) is 8.22. The Balaban J connectivity index is 1.96. The van der Waals surface area contributed by atoms with Crippen molar-refractivity contribution in [2.75, 3.05) is 26.4 Å². The quantitative estimate of drug-likeness (QED) is 0.589. The van der Waals surface area contributed by atoms with Crippen molar-refractivity contribution in [2.24, 2.45) is 0 Å².